The molecule has 0 aliphatic rings. The number of carbonyl (C=O) groups is 1. The number of methoxy groups -OCH3 is 1. The fourth-order valence-electron chi connectivity index (χ4n) is 2.69. The van der Waals surface area contributed by atoms with Gasteiger partial charge in [0.05, 0.1) is 13.2 Å². The molecular weight excluding hydrogens is 376 g/mol. The van der Waals surface area contributed by atoms with Gasteiger partial charge >= 0.3 is 0 Å². The van der Waals surface area contributed by atoms with Gasteiger partial charge in [-0.05, 0) is 60.5 Å². The lowest BCUT2D eigenvalue weighted by Gasteiger charge is -2.16. The minimum atomic E-state index is -0.188. The molecule has 1 atom stereocenters. The minimum Gasteiger partial charge on any atom is -0.493 e. The van der Waals surface area contributed by atoms with Crippen molar-refractivity contribution in [3.8, 4) is 11.5 Å². The summed E-state index contributed by atoms with van der Waals surface area (Å²) in [6.07, 6.45) is 3.40. The summed E-state index contributed by atoms with van der Waals surface area (Å²) in [5.41, 5.74) is 2.47. The molecule has 0 aliphatic heterocycles. The third-order valence-corrected chi connectivity index (χ3v) is 4.54. The zero-order valence-electron chi connectivity index (χ0n) is 15.7. The van der Waals surface area contributed by atoms with E-state index in [-0.39, 0.29) is 11.9 Å². The predicted molar refractivity (Wildman–Crippen MR) is 109 cm³/mol. The Morgan fingerprint density at radius 1 is 1.07 bits per heavy atom. The molecule has 6 heteroatoms. The highest BCUT2D eigenvalue weighted by molar-refractivity contribution is 6.30. The standard InChI is InChI=1S/C22H21ClN2O3/c1-15(17-9-11-24-12-10-17)25-22(26)18-5-8-20(21(13-18)27-2)28-14-16-3-6-19(23)7-4-16/h3-13,15H,14H2,1-2H3,(H,25,26). The van der Waals surface area contributed by atoms with Crippen molar-refractivity contribution in [1.82, 2.24) is 10.3 Å². The molecule has 1 N–H and O–H groups in total. The molecule has 0 saturated carbocycles. The van der Waals surface area contributed by atoms with Gasteiger partial charge in [0.15, 0.2) is 11.5 Å². The highest BCUT2D eigenvalue weighted by atomic mass is 35.5. The maximum absolute atomic E-state index is 12.6. The number of ether oxygens (including phenoxy) is 2. The minimum absolute atomic E-state index is 0.137. The number of hydrogen-bond donors (Lipinski definition) is 1. The molecule has 144 valence electrons. The van der Waals surface area contributed by atoms with Crippen molar-refractivity contribution in [2.45, 2.75) is 19.6 Å². The van der Waals surface area contributed by atoms with Crippen LogP contribution in [0.15, 0.2) is 67.0 Å². The molecule has 0 saturated heterocycles. The van der Waals surface area contributed by atoms with Gasteiger partial charge in [-0.2, -0.15) is 0 Å². The van der Waals surface area contributed by atoms with Crippen LogP contribution in [0.1, 0.15) is 34.5 Å². The van der Waals surface area contributed by atoms with E-state index < -0.39 is 0 Å². The zero-order valence-corrected chi connectivity index (χ0v) is 16.4. The Morgan fingerprint density at radius 2 is 1.79 bits per heavy atom. The lowest BCUT2D eigenvalue weighted by atomic mass is 10.1. The predicted octanol–water partition coefficient (Wildman–Crippen LogP) is 4.81. The lowest BCUT2D eigenvalue weighted by Crippen LogP contribution is -2.26. The van der Waals surface area contributed by atoms with Gasteiger partial charge in [-0.1, -0.05) is 23.7 Å². The van der Waals surface area contributed by atoms with Crippen molar-refractivity contribution in [3.63, 3.8) is 0 Å². The zero-order chi connectivity index (χ0) is 19.9. The van der Waals surface area contributed by atoms with E-state index in [1.54, 1.807) is 37.7 Å². The van der Waals surface area contributed by atoms with Crippen molar-refractivity contribution in [1.29, 1.82) is 0 Å². The van der Waals surface area contributed by atoms with Gasteiger partial charge in [0.2, 0.25) is 0 Å². The van der Waals surface area contributed by atoms with Crippen molar-refractivity contribution < 1.29 is 14.3 Å². The Hall–Kier alpha value is -3.05. The Labute approximate surface area is 169 Å². The molecule has 1 heterocycles. The van der Waals surface area contributed by atoms with Crippen LogP contribution in [-0.4, -0.2) is 18.0 Å². The summed E-state index contributed by atoms with van der Waals surface area (Å²) in [5.74, 6) is 0.876. The monoisotopic (exact) mass is 396 g/mol. The van der Waals surface area contributed by atoms with E-state index in [9.17, 15) is 4.79 Å². The SMILES string of the molecule is COc1cc(C(=O)NC(C)c2ccncc2)ccc1OCc1ccc(Cl)cc1. The topological polar surface area (TPSA) is 60.5 Å². The fraction of sp³-hybridized carbons (Fsp3) is 0.182. The summed E-state index contributed by atoms with van der Waals surface area (Å²) in [7, 11) is 1.55. The Bertz CT molecular complexity index is 930. The summed E-state index contributed by atoms with van der Waals surface area (Å²) in [6.45, 7) is 2.30. The summed E-state index contributed by atoms with van der Waals surface area (Å²) in [5, 5.41) is 3.65. The molecule has 0 bridgehead atoms. The molecule has 2 aromatic carbocycles. The van der Waals surface area contributed by atoms with Crippen LogP contribution in [0.25, 0.3) is 0 Å². The highest BCUT2D eigenvalue weighted by Crippen LogP contribution is 2.29. The second-order valence-electron chi connectivity index (χ2n) is 6.26. The molecule has 1 amide bonds. The van der Waals surface area contributed by atoms with Crippen LogP contribution in [0.5, 0.6) is 11.5 Å². The van der Waals surface area contributed by atoms with Crippen molar-refractivity contribution >= 4 is 17.5 Å². The van der Waals surface area contributed by atoms with Gasteiger partial charge in [-0.15, -0.1) is 0 Å². The number of hydrogen-bond acceptors (Lipinski definition) is 4. The number of nitrogens with one attached hydrogen (secondary N) is 1. The van der Waals surface area contributed by atoms with Gasteiger partial charge < -0.3 is 14.8 Å². The van der Waals surface area contributed by atoms with E-state index in [1.807, 2.05) is 43.3 Å². The quantitative estimate of drug-likeness (QED) is 0.622. The van der Waals surface area contributed by atoms with Gasteiger partial charge in [-0.25, -0.2) is 0 Å². The number of aromatic nitrogens is 1. The maximum atomic E-state index is 12.6. The van der Waals surface area contributed by atoms with Gasteiger partial charge in [-0.3, -0.25) is 9.78 Å². The van der Waals surface area contributed by atoms with Crippen LogP contribution in [0.2, 0.25) is 5.02 Å². The number of carbonyl (C=O) groups excluding carboxylic acids is 1. The molecule has 0 radical (unpaired) electrons. The van der Waals surface area contributed by atoms with Gasteiger partial charge in [0.25, 0.3) is 5.91 Å². The number of pyridine rings is 1. The second-order valence-corrected chi connectivity index (χ2v) is 6.69. The normalized spacial score (nSPS) is 11.5. The molecule has 3 rings (SSSR count). The van der Waals surface area contributed by atoms with Gasteiger partial charge in [0.1, 0.15) is 6.61 Å². The van der Waals surface area contributed by atoms with Crippen LogP contribution < -0.4 is 14.8 Å². The number of nitrogens with zero attached hydrogens (tertiary/aromatic N) is 1. The first kappa shape index (κ1) is 19.7. The van der Waals surface area contributed by atoms with E-state index in [0.29, 0.717) is 28.7 Å². The van der Waals surface area contributed by atoms with Crippen LogP contribution in [-0.2, 0) is 6.61 Å². The van der Waals surface area contributed by atoms with Gasteiger partial charge in [0, 0.05) is 23.0 Å². The molecule has 3 aromatic rings. The van der Waals surface area contributed by atoms with Crippen LogP contribution >= 0.6 is 11.6 Å². The van der Waals surface area contributed by atoms with E-state index in [1.165, 1.54) is 0 Å². The maximum Gasteiger partial charge on any atom is 0.251 e. The number of benzene rings is 2. The van der Waals surface area contributed by atoms with E-state index >= 15 is 0 Å². The second kappa shape index (κ2) is 9.24. The Kier molecular flexibility index (Phi) is 6.50. The largest absolute Gasteiger partial charge is 0.493 e. The third-order valence-electron chi connectivity index (χ3n) is 4.29. The molecule has 28 heavy (non-hydrogen) atoms. The first-order valence-corrected chi connectivity index (χ1v) is 9.20. The average Bonchev–Trinajstić information content (AvgIpc) is 2.73. The molecule has 1 unspecified atom stereocenters. The van der Waals surface area contributed by atoms with Crippen molar-refractivity contribution in [3.05, 3.63) is 88.7 Å². The molecule has 5 nitrogen and oxygen atoms in total. The fourth-order valence-corrected chi connectivity index (χ4v) is 2.81. The molecule has 0 spiro atoms. The van der Waals surface area contributed by atoms with Crippen molar-refractivity contribution in [2.75, 3.05) is 7.11 Å². The molecular formula is C22H21ClN2O3. The Balaban J connectivity index is 1.68. The summed E-state index contributed by atoms with van der Waals surface area (Å²) >= 11 is 5.90. The van der Waals surface area contributed by atoms with Crippen LogP contribution in [0.3, 0.4) is 0 Å². The number of rotatable bonds is 7. The first-order chi connectivity index (χ1) is 13.6. The third kappa shape index (κ3) is 5.02. The number of amides is 1. The van der Waals surface area contributed by atoms with E-state index in [0.717, 1.165) is 11.1 Å². The number of halogens is 1. The first-order valence-electron chi connectivity index (χ1n) is 8.83. The summed E-state index contributed by atoms with van der Waals surface area (Å²) in [4.78, 5) is 16.6. The average molecular weight is 397 g/mol. The molecule has 0 fully saturated rings. The van der Waals surface area contributed by atoms with Crippen LogP contribution in [0.4, 0.5) is 0 Å². The van der Waals surface area contributed by atoms with E-state index in [4.69, 9.17) is 21.1 Å². The van der Waals surface area contributed by atoms with E-state index in [2.05, 4.69) is 10.3 Å². The van der Waals surface area contributed by atoms with Crippen molar-refractivity contribution in [2.24, 2.45) is 0 Å². The molecule has 1 aromatic heterocycles. The smallest absolute Gasteiger partial charge is 0.251 e. The lowest BCUT2D eigenvalue weighted by molar-refractivity contribution is 0.0939. The summed E-state index contributed by atoms with van der Waals surface area (Å²) < 4.78 is 11.2. The Morgan fingerprint density at radius 3 is 2.46 bits per heavy atom. The van der Waals surface area contributed by atoms with Crippen LogP contribution in [0, 0.1) is 0 Å². The molecule has 0 aliphatic carbocycles. The summed E-state index contributed by atoms with van der Waals surface area (Å²) in [6, 6.07) is 16.2. The highest BCUT2D eigenvalue weighted by Gasteiger charge is 2.14.